The molecule has 1 saturated heterocycles. The topological polar surface area (TPSA) is 62.8 Å². The van der Waals surface area contributed by atoms with Crippen molar-refractivity contribution in [1.82, 2.24) is 15.5 Å². The van der Waals surface area contributed by atoms with Crippen LogP contribution in [0.25, 0.3) is 0 Å². The van der Waals surface area contributed by atoms with Crippen molar-refractivity contribution in [2.45, 2.75) is 12.2 Å². The monoisotopic (exact) mass is 397 g/mol. The van der Waals surface area contributed by atoms with E-state index in [1.165, 1.54) is 12.0 Å². The molecule has 1 aromatic carbocycles. The van der Waals surface area contributed by atoms with E-state index in [2.05, 4.69) is 10.6 Å². The Labute approximate surface area is 156 Å². The summed E-state index contributed by atoms with van der Waals surface area (Å²) in [5.41, 5.74) is 0. The molecule has 1 unspecified atom stereocenters. The number of hydrogen-bond donors (Lipinski definition) is 2. The van der Waals surface area contributed by atoms with E-state index in [-0.39, 0.29) is 19.0 Å². The number of nitrogens with one attached hydrogen (secondary N) is 2. The third-order valence-electron chi connectivity index (χ3n) is 3.89. The summed E-state index contributed by atoms with van der Waals surface area (Å²) < 4.78 is 49.9. The van der Waals surface area contributed by atoms with E-state index >= 15 is 0 Å². The van der Waals surface area contributed by atoms with Crippen molar-refractivity contribution in [2.24, 2.45) is 0 Å². The zero-order chi connectivity index (χ0) is 18.3. The molecule has 0 aliphatic carbocycles. The van der Waals surface area contributed by atoms with Gasteiger partial charge in [-0.15, -0.1) is 12.4 Å². The van der Waals surface area contributed by atoms with Crippen LogP contribution in [0.3, 0.4) is 0 Å². The van der Waals surface area contributed by atoms with Gasteiger partial charge in [0.25, 0.3) is 5.91 Å². The SMILES string of the molecule is COc1ccc(OCC(=O)NCC(N2CCNCC2)C(F)(F)F)cc1.Cl. The van der Waals surface area contributed by atoms with E-state index in [1.54, 1.807) is 24.3 Å². The molecular formula is C16H23ClF3N3O3. The van der Waals surface area contributed by atoms with Crippen LogP contribution >= 0.6 is 12.4 Å². The van der Waals surface area contributed by atoms with Crippen molar-refractivity contribution >= 4 is 18.3 Å². The molecule has 1 amide bonds. The summed E-state index contributed by atoms with van der Waals surface area (Å²) in [6.45, 7) is 0.750. The largest absolute Gasteiger partial charge is 0.497 e. The predicted octanol–water partition coefficient (Wildman–Crippen LogP) is 1.45. The van der Waals surface area contributed by atoms with Crippen molar-refractivity contribution < 1.29 is 27.4 Å². The fourth-order valence-corrected chi connectivity index (χ4v) is 2.53. The molecule has 1 atom stereocenters. The lowest BCUT2D eigenvalue weighted by molar-refractivity contribution is -0.184. The molecule has 2 N–H and O–H groups in total. The number of hydrogen-bond acceptors (Lipinski definition) is 5. The molecule has 0 bridgehead atoms. The van der Waals surface area contributed by atoms with Crippen molar-refractivity contribution in [2.75, 3.05) is 46.4 Å². The summed E-state index contributed by atoms with van der Waals surface area (Å²) in [5.74, 6) is 0.478. The second-order valence-corrected chi connectivity index (χ2v) is 5.61. The zero-order valence-electron chi connectivity index (χ0n) is 14.3. The number of nitrogens with zero attached hydrogens (tertiary/aromatic N) is 1. The minimum Gasteiger partial charge on any atom is -0.497 e. The highest BCUT2D eigenvalue weighted by Crippen LogP contribution is 2.24. The summed E-state index contributed by atoms with van der Waals surface area (Å²) in [4.78, 5) is 13.1. The van der Waals surface area contributed by atoms with E-state index in [1.807, 2.05) is 0 Å². The van der Waals surface area contributed by atoms with Gasteiger partial charge in [0.15, 0.2) is 6.61 Å². The third kappa shape index (κ3) is 6.89. The number of ether oxygens (including phenoxy) is 2. The summed E-state index contributed by atoms with van der Waals surface area (Å²) >= 11 is 0. The Morgan fingerprint density at radius 3 is 2.35 bits per heavy atom. The highest BCUT2D eigenvalue weighted by Gasteiger charge is 2.43. The van der Waals surface area contributed by atoms with Gasteiger partial charge in [-0.2, -0.15) is 13.2 Å². The molecule has 0 saturated carbocycles. The summed E-state index contributed by atoms with van der Waals surface area (Å²) in [7, 11) is 1.53. The molecule has 0 radical (unpaired) electrons. The van der Waals surface area contributed by atoms with E-state index < -0.39 is 24.7 Å². The lowest BCUT2D eigenvalue weighted by atomic mass is 10.2. The number of carbonyl (C=O) groups excluding carboxylic acids is 1. The Morgan fingerprint density at radius 2 is 1.81 bits per heavy atom. The Kier molecular flexibility index (Phi) is 8.97. The number of benzene rings is 1. The van der Waals surface area contributed by atoms with Gasteiger partial charge in [0, 0.05) is 32.7 Å². The highest BCUT2D eigenvalue weighted by atomic mass is 35.5. The molecule has 1 fully saturated rings. The van der Waals surface area contributed by atoms with Crippen molar-refractivity contribution in [3.63, 3.8) is 0 Å². The van der Waals surface area contributed by atoms with Gasteiger partial charge in [-0.3, -0.25) is 9.69 Å². The fraction of sp³-hybridized carbons (Fsp3) is 0.562. The smallest absolute Gasteiger partial charge is 0.405 e. The maximum atomic E-state index is 13.2. The number of piperazine rings is 1. The number of rotatable bonds is 7. The third-order valence-corrected chi connectivity index (χ3v) is 3.89. The molecule has 0 spiro atoms. The fourth-order valence-electron chi connectivity index (χ4n) is 2.53. The molecule has 1 aliphatic heterocycles. The highest BCUT2D eigenvalue weighted by molar-refractivity contribution is 5.85. The van der Waals surface area contributed by atoms with E-state index in [0.29, 0.717) is 37.7 Å². The first-order valence-electron chi connectivity index (χ1n) is 7.95. The average molecular weight is 398 g/mol. The van der Waals surface area contributed by atoms with Crippen LogP contribution in [0.2, 0.25) is 0 Å². The van der Waals surface area contributed by atoms with Gasteiger partial charge in [-0.25, -0.2) is 0 Å². The van der Waals surface area contributed by atoms with Crippen LogP contribution in [-0.2, 0) is 4.79 Å². The van der Waals surface area contributed by atoms with Gasteiger partial charge in [-0.1, -0.05) is 0 Å². The summed E-state index contributed by atoms with van der Waals surface area (Å²) in [6, 6.07) is 4.87. The molecule has 1 aliphatic rings. The van der Waals surface area contributed by atoms with Crippen LogP contribution in [0.15, 0.2) is 24.3 Å². The molecule has 1 heterocycles. The Bertz CT molecular complexity index is 552. The first kappa shape index (κ1) is 22.3. The van der Waals surface area contributed by atoms with Gasteiger partial charge in [-0.05, 0) is 24.3 Å². The Morgan fingerprint density at radius 1 is 1.23 bits per heavy atom. The lowest BCUT2D eigenvalue weighted by Crippen LogP contribution is -2.57. The number of carbonyl (C=O) groups is 1. The van der Waals surface area contributed by atoms with E-state index in [0.717, 1.165) is 0 Å². The molecule has 10 heteroatoms. The average Bonchev–Trinajstić information content (AvgIpc) is 2.60. The van der Waals surface area contributed by atoms with Gasteiger partial charge in [0.1, 0.15) is 17.5 Å². The van der Waals surface area contributed by atoms with Crippen LogP contribution in [0, 0.1) is 0 Å². The van der Waals surface area contributed by atoms with Crippen LogP contribution in [0.4, 0.5) is 13.2 Å². The minimum absolute atomic E-state index is 0. The number of amides is 1. The van der Waals surface area contributed by atoms with Crippen LogP contribution in [0.1, 0.15) is 0 Å². The van der Waals surface area contributed by atoms with E-state index in [4.69, 9.17) is 9.47 Å². The van der Waals surface area contributed by atoms with Gasteiger partial charge in [0.05, 0.1) is 7.11 Å². The van der Waals surface area contributed by atoms with Crippen LogP contribution in [0.5, 0.6) is 11.5 Å². The van der Waals surface area contributed by atoms with Gasteiger partial charge < -0.3 is 20.1 Å². The molecule has 26 heavy (non-hydrogen) atoms. The molecule has 2 rings (SSSR count). The van der Waals surface area contributed by atoms with Gasteiger partial charge in [0.2, 0.25) is 0 Å². The second-order valence-electron chi connectivity index (χ2n) is 5.61. The van der Waals surface area contributed by atoms with E-state index in [9.17, 15) is 18.0 Å². The Hall–Kier alpha value is -1.71. The Balaban J connectivity index is 0.00000338. The number of methoxy groups -OCH3 is 1. The van der Waals surface area contributed by atoms with Crippen LogP contribution in [-0.4, -0.2) is 69.5 Å². The zero-order valence-corrected chi connectivity index (χ0v) is 15.2. The molecule has 6 nitrogen and oxygen atoms in total. The first-order chi connectivity index (χ1) is 11.9. The normalized spacial score (nSPS) is 16.3. The molecule has 148 valence electrons. The van der Waals surface area contributed by atoms with Crippen molar-refractivity contribution in [1.29, 1.82) is 0 Å². The first-order valence-corrected chi connectivity index (χ1v) is 7.95. The molecule has 0 aromatic heterocycles. The van der Waals surface area contributed by atoms with Crippen LogP contribution < -0.4 is 20.1 Å². The maximum Gasteiger partial charge on any atom is 0.405 e. The maximum absolute atomic E-state index is 13.2. The standard InChI is InChI=1S/C16H22F3N3O3.ClH/c1-24-12-2-4-13(5-3-12)25-11-15(23)21-10-14(16(17,18)19)22-8-6-20-7-9-22;/h2-5,14,20H,6-11H2,1H3,(H,21,23);1H. The van der Waals surface area contributed by atoms with Gasteiger partial charge >= 0.3 is 6.18 Å². The predicted molar refractivity (Wildman–Crippen MR) is 93.0 cm³/mol. The summed E-state index contributed by atoms with van der Waals surface area (Å²) in [5, 5.41) is 5.32. The van der Waals surface area contributed by atoms with Crippen molar-refractivity contribution in [3.8, 4) is 11.5 Å². The molecular weight excluding hydrogens is 375 g/mol. The minimum atomic E-state index is -4.40. The quantitative estimate of drug-likeness (QED) is 0.729. The second kappa shape index (κ2) is 10.4. The summed E-state index contributed by atoms with van der Waals surface area (Å²) in [6.07, 6.45) is -4.40. The van der Waals surface area contributed by atoms with Crippen molar-refractivity contribution in [3.05, 3.63) is 24.3 Å². The lowest BCUT2D eigenvalue weighted by Gasteiger charge is -2.35. The number of alkyl halides is 3. The number of halogens is 4. The molecule has 1 aromatic rings.